The monoisotopic (exact) mass is 344 g/mol. The zero-order valence-corrected chi connectivity index (χ0v) is 15.8. The Morgan fingerprint density at radius 3 is 2.68 bits per heavy atom. The lowest BCUT2D eigenvalue weighted by atomic mass is 9.88. The van der Waals surface area contributed by atoms with Gasteiger partial charge in [-0.25, -0.2) is 4.99 Å². The first kappa shape index (κ1) is 19.3. The Kier molecular flexibility index (Phi) is 7.76. The molecule has 0 spiro atoms. The van der Waals surface area contributed by atoms with Crippen LogP contribution in [0.15, 0.2) is 29.3 Å². The van der Waals surface area contributed by atoms with E-state index in [1.165, 1.54) is 19.3 Å². The zero-order chi connectivity index (χ0) is 18.1. The van der Waals surface area contributed by atoms with Crippen LogP contribution in [0.5, 0.6) is 0 Å². The molecule has 1 saturated carbocycles. The fraction of sp³-hybridized carbons (Fsp3) is 0.600. The van der Waals surface area contributed by atoms with Gasteiger partial charge in [-0.05, 0) is 51.3 Å². The van der Waals surface area contributed by atoms with Crippen LogP contribution in [0.2, 0.25) is 0 Å². The normalized spacial score (nSPS) is 15.9. The molecule has 1 aromatic rings. The number of anilines is 1. The summed E-state index contributed by atoms with van der Waals surface area (Å²) in [6, 6.07) is 8.32. The Hall–Kier alpha value is -2.04. The quantitative estimate of drug-likeness (QED) is 0.545. The van der Waals surface area contributed by atoms with Crippen molar-refractivity contribution in [3.63, 3.8) is 0 Å². The standard InChI is InChI=1S/C20H32N4O/c1-4-21-20(23-15(2)3)22-14-16-9-8-12-18(13-16)24-19(25)17-10-6-5-7-11-17/h8-9,12-13,15,17H,4-7,10-11,14H2,1-3H3,(H,24,25)(H2,21,22,23). The molecule has 1 fully saturated rings. The lowest BCUT2D eigenvalue weighted by molar-refractivity contribution is -0.120. The minimum atomic E-state index is 0.162. The van der Waals surface area contributed by atoms with Crippen LogP contribution < -0.4 is 16.0 Å². The van der Waals surface area contributed by atoms with E-state index < -0.39 is 0 Å². The minimum Gasteiger partial charge on any atom is -0.357 e. The van der Waals surface area contributed by atoms with E-state index in [0.29, 0.717) is 12.6 Å². The smallest absolute Gasteiger partial charge is 0.227 e. The molecule has 0 unspecified atom stereocenters. The number of hydrogen-bond acceptors (Lipinski definition) is 2. The van der Waals surface area contributed by atoms with Crippen molar-refractivity contribution in [3.8, 4) is 0 Å². The highest BCUT2D eigenvalue weighted by atomic mass is 16.1. The van der Waals surface area contributed by atoms with Gasteiger partial charge in [-0.1, -0.05) is 31.4 Å². The third kappa shape index (κ3) is 6.77. The number of benzene rings is 1. The van der Waals surface area contributed by atoms with Gasteiger partial charge in [0.1, 0.15) is 0 Å². The molecule has 2 rings (SSSR count). The number of amides is 1. The molecule has 138 valence electrons. The SMILES string of the molecule is CCNC(=NCc1cccc(NC(=O)C2CCCCC2)c1)NC(C)C. The van der Waals surface area contributed by atoms with Crippen LogP contribution in [0.1, 0.15) is 58.4 Å². The number of rotatable bonds is 6. The Bertz CT molecular complexity index is 577. The van der Waals surface area contributed by atoms with Crippen LogP contribution >= 0.6 is 0 Å². The van der Waals surface area contributed by atoms with Gasteiger partial charge in [0.2, 0.25) is 5.91 Å². The third-order valence-corrected chi connectivity index (χ3v) is 4.36. The summed E-state index contributed by atoms with van der Waals surface area (Å²) in [6.07, 6.45) is 5.63. The lowest BCUT2D eigenvalue weighted by Crippen LogP contribution is -2.41. The Balaban J connectivity index is 1.96. The van der Waals surface area contributed by atoms with Crippen LogP contribution in [0, 0.1) is 5.92 Å². The summed E-state index contributed by atoms with van der Waals surface area (Å²) >= 11 is 0. The second-order valence-corrected chi connectivity index (χ2v) is 7.02. The number of guanidine groups is 1. The highest BCUT2D eigenvalue weighted by Gasteiger charge is 2.20. The van der Waals surface area contributed by atoms with E-state index in [9.17, 15) is 4.79 Å². The van der Waals surface area contributed by atoms with Crippen molar-refractivity contribution in [2.75, 3.05) is 11.9 Å². The van der Waals surface area contributed by atoms with E-state index in [0.717, 1.165) is 36.6 Å². The molecule has 0 heterocycles. The van der Waals surface area contributed by atoms with E-state index in [1.54, 1.807) is 0 Å². The highest BCUT2D eigenvalue weighted by molar-refractivity contribution is 5.92. The molecule has 5 heteroatoms. The number of carbonyl (C=O) groups excluding carboxylic acids is 1. The summed E-state index contributed by atoms with van der Waals surface area (Å²) in [6.45, 7) is 7.65. The number of aliphatic imine (C=N–C) groups is 1. The molecule has 1 amide bonds. The summed E-state index contributed by atoms with van der Waals surface area (Å²) in [4.78, 5) is 17.0. The summed E-state index contributed by atoms with van der Waals surface area (Å²) in [7, 11) is 0. The molecule has 0 bridgehead atoms. The maximum Gasteiger partial charge on any atom is 0.227 e. The Morgan fingerprint density at radius 2 is 2.00 bits per heavy atom. The van der Waals surface area contributed by atoms with Gasteiger partial charge in [-0.15, -0.1) is 0 Å². The van der Waals surface area contributed by atoms with Crippen LogP contribution in [0.4, 0.5) is 5.69 Å². The van der Waals surface area contributed by atoms with Crippen LogP contribution in [-0.2, 0) is 11.3 Å². The average Bonchev–Trinajstić information content (AvgIpc) is 2.60. The van der Waals surface area contributed by atoms with Crippen molar-refractivity contribution in [2.45, 2.75) is 65.5 Å². The van der Waals surface area contributed by atoms with Crippen LogP contribution in [-0.4, -0.2) is 24.5 Å². The molecular weight excluding hydrogens is 312 g/mol. The first-order chi connectivity index (χ1) is 12.1. The summed E-state index contributed by atoms with van der Waals surface area (Å²) in [5.41, 5.74) is 1.95. The molecule has 0 saturated heterocycles. The van der Waals surface area contributed by atoms with Crippen LogP contribution in [0.25, 0.3) is 0 Å². The third-order valence-electron chi connectivity index (χ3n) is 4.36. The molecule has 1 aliphatic carbocycles. The van der Waals surface area contributed by atoms with Crippen molar-refractivity contribution in [1.82, 2.24) is 10.6 Å². The summed E-state index contributed by atoms with van der Waals surface area (Å²) in [5.74, 6) is 1.15. The molecule has 1 aliphatic rings. The van der Waals surface area contributed by atoms with Gasteiger partial charge >= 0.3 is 0 Å². The Labute approximate surface area is 151 Å². The van der Waals surface area contributed by atoms with Crippen molar-refractivity contribution in [1.29, 1.82) is 0 Å². The predicted molar refractivity (Wildman–Crippen MR) is 105 cm³/mol. The molecule has 3 N–H and O–H groups in total. The van der Waals surface area contributed by atoms with Gasteiger partial charge in [0, 0.05) is 24.2 Å². The molecular formula is C20H32N4O. The average molecular weight is 345 g/mol. The zero-order valence-electron chi connectivity index (χ0n) is 15.8. The van der Waals surface area contributed by atoms with Gasteiger partial charge in [0.05, 0.1) is 6.54 Å². The molecule has 0 atom stereocenters. The minimum absolute atomic E-state index is 0.162. The number of hydrogen-bond donors (Lipinski definition) is 3. The van der Waals surface area contributed by atoms with Crippen molar-refractivity contribution < 1.29 is 4.79 Å². The Morgan fingerprint density at radius 1 is 1.24 bits per heavy atom. The lowest BCUT2D eigenvalue weighted by Gasteiger charge is -2.20. The maximum atomic E-state index is 12.4. The van der Waals surface area contributed by atoms with E-state index in [2.05, 4.69) is 41.7 Å². The highest BCUT2D eigenvalue weighted by Crippen LogP contribution is 2.25. The van der Waals surface area contributed by atoms with Gasteiger partial charge in [-0.2, -0.15) is 0 Å². The van der Waals surface area contributed by atoms with Crippen LogP contribution in [0.3, 0.4) is 0 Å². The largest absolute Gasteiger partial charge is 0.357 e. The molecule has 0 aromatic heterocycles. The predicted octanol–water partition coefficient (Wildman–Crippen LogP) is 3.67. The van der Waals surface area contributed by atoms with E-state index in [4.69, 9.17) is 0 Å². The first-order valence-electron chi connectivity index (χ1n) is 9.53. The molecule has 0 aliphatic heterocycles. The number of carbonyl (C=O) groups is 1. The van der Waals surface area contributed by atoms with Gasteiger partial charge < -0.3 is 16.0 Å². The first-order valence-corrected chi connectivity index (χ1v) is 9.53. The van der Waals surface area contributed by atoms with Gasteiger partial charge in [0.15, 0.2) is 5.96 Å². The number of nitrogens with one attached hydrogen (secondary N) is 3. The van der Waals surface area contributed by atoms with Crippen molar-refractivity contribution in [2.24, 2.45) is 10.9 Å². The van der Waals surface area contributed by atoms with E-state index in [-0.39, 0.29) is 11.8 Å². The second kappa shape index (κ2) is 10.1. The fourth-order valence-electron chi connectivity index (χ4n) is 3.12. The van der Waals surface area contributed by atoms with E-state index >= 15 is 0 Å². The van der Waals surface area contributed by atoms with Gasteiger partial charge in [-0.3, -0.25) is 4.79 Å². The topological polar surface area (TPSA) is 65.5 Å². The summed E-state index contributed by atoms with van der Waals surface area (Å²) < 4.78 is 0. The molecule has 1 aromatic carbocycles. The maximum absolute atomic E-state index is 12.4. The molecule has 0 radical (unpaired) electrons. The van der Waals surface area contributed by atoms with Crippen molar-refractivity contribution in [3.05, 3.63) is 29.8 Å². The second-order valence-electron chi connectivity index (χ2n) is 7.02. The molecule has 25 heavy (non-hydrogen) atoms. The summed E-state index contributed by atoms with van der Waals surface area (Å²) in [5, 5.41) is 9.63. The fourth-order valence-corrected chi connectivity index (χ4v) is 3.12. The number of nitrogens with zero attached hydrogens (tertiary/aromatic N) is 1. The van der Waals surface area contributed by atoms with E-state index in [1.807, 2.05) is 24.3 Å². The van der Waals surface area contributed by atoms with Gasteiger partial charge in [0.25, 0.3) is 0 Å². The van der Waals surface area contributed by atoms with Crippen molar-refractivity contribution >= 4 is 17.6 Å². The molecule has 5 nitrogen and oxygen atoms in total.